The van der Waals surface area contributed by atoms with E-state index < -0.39 is 0 Å². The number of anilines is 1. The minimum absolute atomic E-state index is 0.00918. The van der Waals surface area contributed by atoms with E-state index in [2.05, 4.69) is 42.5 Å². The number of H-pyrrole nitrogens is 1. The Kier molecular flexibility index (Phi) is 8.13. The number of nitrogens with one attached hydrogen (secondary N) is 1. The maximum Gasteiger partial charge on any atom is 0.256 e. The van der Waals surface area contributed by atoms with Crippen LogP contribution in [0.15, 0.2) is 9.79 Å². The van der Waals surface area contributed by atoms with Gasteiger partial charge in [0.25, 0.3) is 5.56 Å². The fourth-order valence-electron chi connectivity index (χ4n) is 5.97. The standard InChI is InChI=1S/C27H45N5O2/c1-19-16-22-23(24(28-19)27(2,3)4)29-26(30-25(22)34)32(17-20-8-6-5-7-9-20)18-21-10-12-31(13-11-21)14-15-33/h19-21,33H,5-18H2,1-4H3,(H,29,30,34). The van der Waals surface area contributed by atoms with Crippen molar-refractivity contribution in [2.45, 2.75) is 85.1 Å². The lowest BCUT2D eigenvalue weighted by atomic mass is 9.83. The van der Waals surface area contributed by atoms with Gasteiger partial charge in [-0.05, 0) is 57.5 Å². The van der Waals surface area contributed by atoms with E-state index in [9.17, 15) is 9.90 Å². The molecule has 2 N–H and O–H groups in total. The molecule has 2 fully saturated rings. The molecule has 0 radical (unpaired) electrons. The molecule has 1 atom stereocenters. The van der Waals surface area contributed by atoms with E-state index in [1.54, 1.807) is 0 Å². The molecule has 1 aromatic heterocycles. The fourth-order valence-corrected chi connectivity index (χ4v) is 5.97. The smallest absolute Gasteiger partial charge is 0.256 e. The molecule has 34 heavy (non-hydrogen) atoms. The summed E-state index contributed by atoms with van der Waals surface area (Å²) >= 11 is 0. The van der Waals surface area contributed by atoms with Crippen LogP contribution in [-0.2, 0) is 6.42 Å². The second-order valence-electron chi connectivity index (χ2n) is 11.9. The van der Waals surface area contributed by atoms with Crippen molar-refractivity contribution in [2.24, 2.45) is 22.2 Å². The van der Waals surface area contributed by atoms with Gasteiger partial charge in [-0.1, -0.05) is 40.0 Å². The second-order valence-corrected chi connectivity index (χ2v) is 11.9. The van der Waals surface area contributed by atoms with Crippen molar-refractivity contribution in [1.82, 2.24) is 14.9 Å². The summed E-state index contributed by atoms with van der Waals surface area (Å²) in [6, 6.07) is 0.109. The monoisotopic (exact) mass is 471 g/mol. The number of aliphatic hydroxyl groups excluding tert-OH is 1. The Morgan fingerprint density at radius 2 is 1.71 bits per heavy atom. The molecule has 0 amide bonds. The molecule has 190 valence electrons. The second kappa shape index (κ2) is 10.9. The lowest BCUT2D eigenvalue weighted by Crippen LogP contribution is -2.43. The van der Waals surface area contributed by atoms with Gasteiger partial charge in [-0.15, -0.1) is 0 Å². The summed E-state index contributed by atoms with van der Waals surface area (Å²) < 4.78 is 0. The van der Waals surface area contributed by atoms with E-state index in [-0.39, 0.29) is 23.6 Å². The minimum atomic E-state index is -0.158. The molecule has 0 bridgehead atoms. The number of fused-ring (bicyclic) bond motifs is 1. The van der Waals surface area contributed by atoms with Crippen molar-refractivity contribution in [3.8, 4) is 0 Å². The summed E-state index contributed by atoms with van der Waals surface area (Å²) in [4.78, 5) is 31.3. The van der Waals surface area contributed by atoms with Crippen LogP contribution in [-0.4, -0.2) is 71.1 Å². The number of aromatic nitrogens is 2. The third-order valence-corrected chi connectivity index (χ3v) is 7.89. The van der Waals surface area contributed by atoms with Gasteiger partial charge in [0.2, 0.25) is 5.95 Å². The molecule has 7 heteroatoms. The van der Waals surface area contributed by atoms with Crippen molar-refractivity contribution in [1.29, 1.82) is 0 Å². The molecule has 1 saturated heterocycles. The summed E-state index contributed by atoms with van der Waals surface area (Å²) in [5.41, 5.74) is 2.43. The zero-order chi connectivity index (χ0) is 24.3. The summed E-state index contributed by atoms with van der Waals surface area (Å²) in [5, 5.41) is 9.28. The van der Waals surface area contributed by atoms with Crippen molar-refractivity contribution in [3.05, 3.63) is 21.6 Å². The molecule has 1 aromatic rings. The Labute approximate surface area is 205 Å². The molecule has 1 aliphatic carbocycles. The average molecular weight is 472 g/mol. The average Bonchev–Trinajstić information content (AvgIpc) is 2.80. The molecule has 0 spiro atoms. The van der Waals surface area contributed by atoms with Crippen LogP contribution >= 0.6 is 0 Å². The van der Waals surface area contributed by atoms with Crippen LogP contribution in [0.1, 0.15) is 83.9 Å². The van der Waals surface area contributed by atoms with Gasteiger partial charge in [0.1, 0.15) is 0 Å². The third-order valence-electron chi connectivity index (χ3n) is 7.89. The highest BCUT2D eigenvalue weighted by atomic mass is 16.3. The van der Waals surface area contributed by atoms with Crippen molar-refractivity contribution in [2.75, 3.05) is 44.2 Å². The van der Waals surface area contributed by atoms with E-state index in [4.69, 9.17) is 9.98 Å². The van der Waals surface area contributed by atoms with Crippen LogP contribution in [0.2, 0.25) is 0 Å². The van der Waals surface area contributed by atoms with E-state index in [1.165, 1.54) is 32.1 Å². The molecule has 2 aliphatic heterocycles. The lowest BCUT2D eigenvalue weighted by molar-refractivity contribution is 0.148. The maximum atomic E-state index is 13.3. The zero-order valence-corrected chi connectivity index (χ0v) is 21.8. The fraction of sp³-hybridized carbons (Fsp3) is 0.815. The Bertz CT molecular complexity index is 905. The van der Waals surface area contributed by atoms with Gasteiger partial charge in [0.05, 0.1) is 24.1 Å². The van der Waals surface area contributed by atoms with Gasteiger partial charge in [-0.3, -0.25) is 14.8 Å². The summed E-state index contributed by atoms with van der Waals surface area (Å²) in [6.45, 7) is 13.6. The van der Waals surface area contributed by atoms with Gasteiger partial charge in [0.15, 0.2) is 0 Å². The van der Waals surface area contributed by atoms with Crippen LogP contribution in [0.3, 0.4) is 0 Å². The van der Waals surface area contributed by atoms with Crippen molar-refractivity contribution >= 4 is 11.7 Å². The minimum Gasteiger partial charge on any atom is -0.395 e. The molecule has 1 saturated carbocycles. The van der Waals surface area contributed by atoms with Crippen molar-refractivity contribution in [3.63, 3.8) is 0 Å². The number of piperidine rings is 1. The first-order valence-corrected chi connectivity index (χ1v) is 13.5. The molecule has 1 unspecified atom stereocenters. The molecule has 4 rings (SSSR count). The van der Waals surface area contributed by atoms with Gasteiger partial charge < -0.3 is 14.9 Å². The van der Waals surface area contributed by atoms with E-state index in [0.717, 1.165) is 68.5 Å². The van der Waals surface area contributed by atoms with Crippen LogP contribution in [0.4, 0.5) is 5.95 Å². The Morgan fingerprint density at radius 3 is 2.32 bits per heavy atom. The summed E-state index contributed by atoms with van der Waals surface area (Å²) in [7, 11) is 0. The molecule has 7 nitrogen and oxygen atoms in total. The SMILES string of the molecule is CC1Cc2c(nc(N(CC3CCCCC3)CC3CCN(CCO)CC3)[nH]c2=O)C(C(C)(C)C)=N1. The number of aromatic amines is 1. The van der Waals surface area contributed by atoms with Crippen LogP contribution in [0, 0.1) is 17.3 Å². The highest BCUT2D eigenvalue weighted by molar-refractivity contribution is 6.04. The van der Waals surface area contributed by atoms with Gasteiger partial charge in [-0.2, -0.15) is 0 Å². The predicted octanol–water partition coefficient (Wildman–Crippen LogP) is 3.64. The lowest BCUT2D eigenvalue weighted by Gasteiger charge is -2.37. The van der Waals surface area contributed by atoms with E-state index in [1.807, 2.05) is 0 Å². The number of hydrogen-bond donors (Lipinski definition) is 2. The van der Waals surface area contributed by atoms with Crippen LogP contribution in [0.5, 0.6) is 0 Å². The number of likely N-dealkylation sites (tertiary alicyclic amines) is 1. The van der Waals surface area contributed by atoms with Crippen molar-refractivity contribution < 1.29 is 5.11 Å². The van der Waals surface area contributed by atoms with Gasteiger partial charge >= 0.3 is 0 Å². The third kappa shape index (κ3) is 6.09. The maximum absolute atomic E-state index is 13.3. The Morgan fingerprint density at radius 1 is 1.06 bits per heavy atom. The Hall–Kier alpha value is -1.73. The first-order chi connectivity index (χ1) is 16.2. The normalized spacial score (nSPS) is 23.0. The molecular formula is C27H45N5O2. The predicted molar refractivity (Wildman–Crippen MR) is 139 cm³/mol. The molecule has 3 aliphatic rings. The van der Waals surface area contributed by atoms with Gasteiger partial charge in [-0.25, -0.2) is 4.98 Å². The Balaban J connectivity index is 1.61. The zero-order valence-electron chi connectivity index (χ0n) is 21.8. The largest absolute Gasteiger partial charge is 0.395 e. The number of nitrogens with zero attached hydrogens (tertiary/aromatic N) is 4. The number of hydrogen-bond acceptors (Lipinski definition) is 6. The van der Waals surface area contributed by atoms with E-state index in [0.29, 0.717) is 18.3 Å². The van der Waals surface area contributed by atoms with Crippen LogP contribution in [0.25, 0.3) is 0 Å². The quantitative estimate of drug-likeness (QED) is 0.634. The highest BCUT2D eigenvalue weighted by Crippen LogP contribution is 2.30. The van der Waals surface area contributed by atoms with E-state index >= 15 is 0 Å². The summed E-state index contributed by atoms with van der Waals surface area (Å²) in [6.07, 6.45) is 9.42. The van der Waals surface area contributed by atoms with Crippen LogP contribution < -0.4 is 10.5 Å². The first kappa shape index (κ1) is 25.4. The number of β-amino-alcohol motifs (C(OH)–C–C–N with tert-alkyl or cyclic N) is 1. The first-order valence-electron chi connectivity index (χ1n) is 13.5. The summed E-state index contributed by atoms with van der Waals surface area (Å²) in [5.74, 6) is 1.98. The topological polar surface area (TPSA) is 84.8 Å². The molecular weight excluding hydrogens is 426 g/mol. The number of aliphatic imine (C=N–C) groups is 1. The van der Waals surface area contributed by atoms with Gasteiger partial charge in [0, 0.05) is 37.0 Å². The molecule has 0 aromatic carbocycles. The highest BCUT2D eigenvalue weighted by Gasteiger charge is 2.32. The number of rotatable bonds is 7. The number of aliphatic hydroxyl groups is 1. The molecule has 3 heterocycles.